The molecule has 10 nitrogen and oxygen atoms in total. The highest BCUT2D eigenvalue weighted by atomic mass is 28.4. The van der Waals surface area contributed by atoms with Crippen molar-refractivity contribution >= 4 is 35.8 Å². The van der Waals surface area contributed by atoms with E-state index in [9.17, 15) is 15.0 Å². The number of ether oxygens (including phenoxy) is 1. The van der Waals surface area contributed by atoms with E-state index < -0.39 is 38.2 Å². The maximum absolute atomic E-state index is 12.3. The van der Waals surface area contributed by atoms with Crippen LogP contribution in [0.2, 0.25) is 5.04 Å². The van der Waals surface area contributed by atoms with Crippen LogP contribution in [0.15, 0.2) is 71.8 Å². The lowest BCUT2D eigenvalue weighted by Crippen LogP contribution is -2.67. The van der Waals surface area contributed by atoms with Gasteiger partial charge in [0, 0.05) is 5.92 Å². The topological polar surface area (TPSA) is 149 Å². The molecule has 5 N–H and O–H groups in total. The van der Waals surface area contributed by atoms with Gasteiger partial charge >= 0.3 is 0 Å². The number of H-pyrrole nitrogens is 1. The van der Waals surface area contributed by atoms with Gasteiger partial charge in [-0.2, -0.15) is 4.98 Å². The Morgan fingerprint density at radius 2 is 1.71 bits per heavy atom. The van der Waals surface area contributed by atoms with Crippen molar-refractivity contribution in [1.29, 1.82) is 0 Å². The number of hydrogen-bond donors (Lipinski definition) is 4. The van der Waals surface area contributed by atoms with Gasteiger partial charge in [-0.15, -0.1) is 0 Å². The molecule has 1 aliphatic heterocycles. The number of aliphatic hydroxyl groups excluding tert-OH is 2. The summed E-state index contributed by atoms with van der Waals surface area (Å²) in [6, 6.07) is 20.5. The second-order valence-electron chi connectivity index (χ2n) is 10.7. The van der Waals surface area contributed by atoms with Crippen LogP contribution in [0.25, 0.3) is 11.2 Å². The van der Waals surface area contributed by atoms with Gasteiger partial charge in [-0.1, -0.05) is 81.4 Å². The molecule has 200 valence electrons. The van der Waals surface area contributed by atoms with Crippen LogP contribution in [0, 0.1) is 5.92 Å². The Morgan fingerprint density at radius 3 is 2.26 bits per heavy atom. The number of aromatic amines is 1. The van der Waals surface area contributed by atoms with Gasteiger partial charge in [0.05, 0.1) is 25.6 Å². The van der Waals surface area contributed by atoms with E-state index in [2.05, 4.69) is 60.0 Å². The number of nitrogen functional groups attached to an aromatic ring is 1. The number of nitrogens with one attached hydrogen (secondary N) is 1. The van der Waals surface area contributed by atoms with E-state index in [4.69, 9.17) is 14.9 Å². The minimum absolute atomic E-state index is 0.0676. The van der Waals surface area contributed by atoms with Crippen molar-refractivity contribution in [3.63, 3.8) is 0 Å². The molecule has 0 bridgehead atoms. The molecule has 1 aliphatic rings. The Hall–Kier alpha value is -3.35. The molecule has 0 saturated carbocycles. The van der Waals surface area contributed by atoms with Crippen molar-refractivity contribution in [1.82, 2.24) is 19.5 Å². The van der Waals surface area contributed by atoms with Crippen LogP contribution in [-0.4, -0.2) is 63.5 Å². The number of rotatable bonds is 7. The molecule has 0 spiro atoms. The summed E-state index contributed by atoms with van der Waals surface area (Å²) in [5.41, 5.74) is 5.55. The molecule has 0 amide bonds. The summed E-state index contributed by atoms with van der Waals surface area (Å²) in [4.78, 5) is 23.0. The summed E-state index contributed by atoms with van der Waals surface area (Å²) in [5.74, 6) is -0.697. The lowest BCUT2D eigenvalue weighted by molar-refractivity contribution is -0.0475. The quantitative estimate of drug-likeness (QED) is 0.258. The van der Waals surface area contributed by atoms with E-state index in [0.29, 0.717) is 0 Å². The first-order chi connectivity index (χ1) is 18.2. The minimum Gasteiger partial charge on any atom is -0.405 e. The van der Waals surface area contributed by atoms with Gasteiger partial charge in [-0.05, 0) is 15.4 Å². The molecule has 4 unspecified atom stereocenters. The van der Waals surface area contributed by atoms with Crippen molar-refractivity contribution in [2.24, 2.45) is 5.92 Å². The molecule has 1 fully saturated rings. The fraction of sp³-hybridized carbons (Fsp3) is 0.370. The van der Waals surface area contributed by atoms with Crippen molar-refractivity contribution in [3.8, 4) is 0 Å². The summed E-state index contributed by atoms with van der Waals surface area (Å²) in [6.45, 7) is 6.38. The molecule has 2 aromatic carbocycles. The second-order valence-corrected chi connectivity index (χ2v) is 15.0. The van der Waals surface area contributed by atoms with E-state index in [1.807, 2.05) is 36.4 Å². The van der Waals surface area contributed by atoms with Crippen LogP contribution in [-0.2, 0) is 9.16 Å². The van der Waals surface area contributed by atoms with E-state index in [1.54, 1.807) is 0 Å². The van der Waals surface area contributed by atoms with Crippen molar-refractivity contribution in [2.45, 2.75) is 44.2 Å². The molecule has 5 rings (SSSR count). The average Bonchev–Trinajstić information content (AvgIpc) is 3.45. The molecule has 11 heteroatoms. The third-order valence-electron chi connectivity index (χ3n) is 7.34. The highest BCUT2D eigenvalue weighted by Crippen LogP contribution is 2.39. The Morgan fingerprint density at radius 1 is 1.11 bits per heavy atom. The largest absolute Gasteiger partial charge is 0.405 e. The van der Waals surface area contributed by atoms with Crippen LogP contribution in [0.1, 0.15) is 27.0 Å². The summed E-state index contributed by atoms with van der Waals surface area (Å²) in [7, 11) is -2.86. The summed E-state index contributed by atoms with van der Waals surface area (Å²) >= 11 is 0. The molecule has 1 saturated heterocycles. The molecule has 2 aromatic heterocycles. The maximum atomic E-state index is 12.3. The Balaban J connectivity index is 1.51. The zero-order valence-electron chi connectivity index (χ0n) is 21.6. The van der Waals surface area contributed by atoms with Crippen LogP contribution < -0.4 is 21.7 Å². The van der Waals surface area contributed by atoms with E-state index in [1.165, 1.54) is 10.9 Å². The normalized spacial score (nSPS) is 22.2. The van der Waals surface area contributed by atoms with Crippen LogP contribution in [0.3, 0.4) is 0 Å². The minimum atomic E-state index is -2.86. The number of nitrogens with zero attached hydrogens (tertiary/aromatic N) is 3. The summed E-state index contributed by atoms with van der Waals surface area (Å²) < 4.78 is 14.8. The van der Waals surface area contributed by atoms with Gasteiger partial charge in [0.2, 0.25) is 5.95 Å². The van der Waals surface area contributed by atoms with Gasteiger partial charge in [0.1, 0.15) is 6.10 Å². The van der Waals surface area contributed by atoms with Crippen LogP contribution in [0.5, 0.6) is 0 Å². The SMILES string of the molecule is CC(C)(C)[Si](OCC1OC(n2cnc3c(=O)[nH]c(N)nc32)C(O)C1CO)(c1ccccc1)c1ccccc1. The Bertz CT molecular complexity index is 1410. The van der Waals surface area contributed by atoms with Gasteiger partial charge in [0.25, 0.3) is 13.9 Å². The number of aromatic nitrogens is 4. The number of aliphatic hydroxyl groups is 2. The molecule has 3 heterocycles. The van der Waals surface area contributed by atoms with Crippen molar-refractivity contribution in [3.05, 3.63) is 77.3 Å². The van der Waals surface area contributed by atoms with Gasteiger partial charge in [0.15, 0.2) is 17.4 Å². The number of imidazole rings is 1. The number of hydrogen-bond acceptors (Lipinski definition) is 8. The predicted octanol–water partition coefficient (Wildman–Crippen LogP) is 1.15. The van der Waals surface area contributed by atoms with Crippen LogP contribution in [0.4, 0.5) is 5.95 Å². The summed E-state index contributed by atoms with van der Waals surface area (Å²) in [6.07, 6.45) is -1.26. The molecule has 4 atom stereocenters. The second kappa shape index (κ2) is 10.1. The van der Waals surface area contributed by atoms with Crippen molar-refractivity contribution < 1.29 is 19.4 Å². The van der Waals surface area contributed by atoms with E-state index in [-0.39, 0.29) is 35.4 Å². The van der Waals surface area contributed by atoms with Gasteiger partial charge in [-0.3, -0.25) is 14.3 Å². The molecule has 0 radical (unpaired) electrons. The van der Waals surface area contributed by atoms with Gasteiger partial charge < -0.3 is 25.1 Å². The number of anilines is 1. The van der Waals surface area contributed by atoms with Gasteiger partial charge in [-0.25, -0.2) is 4.98 Å². The third-order valence-corrected chi connectivity index (χ3v) is 12.3. The highest BCUT2D eigenvalue weighted by molar-refractivity contribution is 6.99. The Kier molecular flexibility index (Phi) is 6.97. The first kappa shape index (κ1) is 26.3. The zero-order chi connectivity index (χ0) is 27.1. The average molecular weight is 536 g/mol. The van der Waals surface area contributed by atoms with E-state index in [0.717, 1.165) is 10.4 Å². The molecular formula is C27H33N5O5Si. The number of nitrogens with two attached hydrogens (primary N) is 1. The fourth-order valence-electron chi connectivity index (χ4n) is 5.51. The standard InChI is InChI=1S/C27H33N5O5Si/c1-27(2,3)38(17-10-6-4-7-11-17,18-12-8-5-9-13-18)36-15-20-19(14-33)22(34)25(37-20)32-16-29-21-23(32)30-26(28)31-24(21)35/h4-13,16,19-20,22,25,33-34H,14-15H2,1-3H3,(H3,28,30,31,35). The van der Waals surface area contributed by atoms with E-state index >= 15 is 0 Å². The maximum Gasteiger partial charge on any atom is 0.280 e. The number of benzene rings is 2. The molecule has 4 aromatic rings. The number of fused-ring (bicyclic) bond motifs is 1. The molecular weight excluding hydrogens is 502 g/mol. The smallest absolute Gasteiger partial charge is 0.280 e. The molecule has 0 aliphatic carbocycles. The van der Waals surface area contributed by atoms with Crippen molar-refractivity contribution in [2.75, 3.05) is 18.9 Å². The lowest BCUT2D eigenvalue weighted by atomic mass is 9.99. The fourth-order valence-corrected chi connectivity index (χ4v) is 10.1. The lowest BCUT2D eigenvalue weighted by Gasteiger charge is -2.43. The first-order valence-corrected chi connectivity index (χ1v) is 14.5. The molecule has 38 heavy (non-hydrogen) atoms. The summed E-state index contributed by atoms with van der Waals surface area (Å²) in [5, 5.41) is 23.4. The Labute approximate surface area is 221 Å². The highest BCUT2D eigenvalue weighted by Gasteiger charge is 2.52. The zero-order valence-corrected chi connectivity index (χ0v) is 22.6. The monoisotopic (exact) mass is 535 g/mol. The predicted molar refractivity (Wildman–Crippen MR) is 147 cm³/mol. The first-order valence-electron chi connectivity index (χ1n) is 12.6. The third kappa shape index (κ3) is 4.36. The van der Waals surface area contributed by atoms with Crippen LogP contribution >= 0.6 is 0 Å².